The molecule has 2 N–H and O–H groups in total. The molecule has 1 heterocycles. The average Bonchev–Trinajstić information content (AvgIpc) is 3.13. The Morgan fingerprint density at radius 1 is 0.966 bits per heavy atom. The van der Waals surface area contributed by atoms with Crippen molar-refractivity contribution in [3.8, 4) is 5.75 Å². The molecular weight excluding hydrogens is 364 g/mol. The van der Waals surface area contributed by atoms with Gasteiger partial charge >= 0.3 is 0 Å². The largest absolute Gasteiger partial charge is 0.491 e. The SMILES string of the molecule is Cc1ccc(CNCc2ccc(OCC(O)CN(C)Cc3ccccc3)cc2)o1. The number of rotatable bonds is 11. The average molecular weight is 395 g/mol. The van der Waals surface area contributed by atoms with E-state index in [1.165, 1.54) is 11.1 Å². The van der Waals surface area contributed by atoms with Crippen LogP contribution in [0.25, 0.3) is 0 Å². The Labute approximate surface area is 172 Å². The molecular formula is C24H30N2O3. The van der Waals surface area contributed by atoms with Crippen molar-refractivity contribution in [3.05, 3.63) is 89.4 Å². The maximum atomic E-state index is 10.3. The van der Waals surface area contributed by atoms with Gasteiger partial charge in [-0.05, 0) is 49.4 Å². The molecule has 0 bridgehead atoms. The molecule has 0 amide bonds. The Morgan fingerprint density at radius 2 is 1.72 bits per heavy atom. The van der Waals surface area contributed by atoms with Crippen LogP contribution in [0.3, 0.4) is 0 Å². The predicted molar refractivity (Wildman–Crippen MR) is 115 cm³/mol. The summed E-state index contributed by atoms with van der Waals surface area (Å²) in [5, 5.41) is 13.6. The standard InChI is InChI=1S/C24H30N2O3/c1-19-8-11-24(29-19)15-25-14-20-9-12-23(13-10-20)28-18-22(27)17-26(2)16-21-6-4-3-5-7-21/h3-13,22,25,27H,14-18H2,1-2H3. The number of hydrogen-bond donors (Lipinski definition) is 2. The molecule has 0 radical (unpaired) electrons. The summed E-state index contributed by atoms with van der Waals surface area (Å²) < 4.78 is 11.3. The normalized spacial score (nSPS) is 12.3. The monoisotopic (exact) mass is 394 g/mol. The Hall–Kier alpha value is -2.60. The first kappa shape index (κ1) is 21.1. The van der Waals surface area contributed by atoms with Gasteiger partial charge in [0, 0.05) is 19.6 Å². The Kier molecular flexibility index (Phi) is 7.87. The number of likely N-dealkylation sites (N-methyl/N-ethyl adjacent to an activating group) is 1. The van der Waals surface area contributed by atoms with Crippen molar-refractivity contribution in [2.75, 3.05) is 20.2 Å². The van der Waals surface area contributed by atoms with Crippen molar-refractivity contribution in [3.63, 3.8) is 0 Å². The highest BCUT2D eigenvalue weighted by Gasteiger charge is 2.10. The lowest BCUT2D eigenvalue weighted by molar-refractivity contribution is 0.0744. The minimum atomic E-state index is -0.540. The summed E-state index contributed by atoms with van der Waals surface area (Å²) in [5.41, 5.74) is 2.40. The molecule has 0 aliphatic rings. The fourth-order valence-electron chi connectivity index (χ4n) is 3.18. The predicted octanol–water partition coefficient (Wildman–Crippen LogP) is 3.75. The third-order valence-corrected chi connectivity index (χ3v) is 4.61. The highest BCUT2D eigenvalue weighted by atomic mass is 16.5. The third-order valence-electron chi connectivity index (χ3n) is 4.61. The molecule has 0 fully saturated rings. The number of aliphatic hydroxyl groups excluding tert-OH is 1. The second-order valence-electron chi connectivity index (χ2n) is 7.41. The number of nitrogens with zero attached hydrogens (tertiary/aromatic N) is 1. The first-order valence-electron chi connectivity index (χ1n) is 9.97. The maximum Gasteiger partial charge on any atom is 0.119 e. The van der Waals surface area contributed by atoms with Crippen molar-refractivity contribution in [2.45, 2.75) is 32.7 Å². The van der Waals surface area contributed by atoms with Gasteiger partial charge in [-0.2, -0.15) is 0 Å². The van der Waals surface area contributed by atoms with Crippen LogP contribution in [0.1, 0.15) is 22.6 Å². The molecule has 0 aliphatic heterocycles. The van der Waals surface area contributed by atoms with Crippen LogP contribution in [0.2, 0.25) is 0 Å². The molecule has 1 aromatic heterocycles. The summed E-state index contributed by atoms with van der Waals surface area (Å²) in [6, 6.07) is 22.1. The van der Waals surface area contributed by atoms with Crippen molar-refractivity contribution >= 4 is 0 Å². The van der Waals surface area contributed by atoms with Gasteiger partial charge in [0.25, 0.3) is 0 Å². The molecule has 1 atom stereocenters. The fraction of sp³-hybridized carbons (Fsp3) is 0.333. The van der Waals surface area contributed by atoms with E-state index in [2.05, 4.69) is 22.3 Å². The number of hydrogen-bond acceptors (Lipinski definition) is 5. The van der Waals surface area contributed by atoms with E-state index in [9.17, 15) is 5.11 Å². The van der Waals surface area contributed by atoms with Gasteiger partial charge in [0.05, 0.1) is 6.54 Å². The minimum absolute atomic E-state index is 0.272. The summed E-state index contributed by atoms with van der Waals surface area (Å²) in [6.07, 6.45) is -0.540. The molecule has 29 heavy (non-hydrogen) atoms. The second-order valence-corrected chi connectivity index (χ2v) is 7.41. The van der Waals surface area contributed by atoms with Gasteiger partial charge in [0.2, 0.25) is 0 Å². The molecule has 0 spiro atoms. The number of furan rings is 1. The van der Waals surface area contributed by atoms with Crippen molar-refractivity contribution in [1.82, 2.24) is 10.2 Å². The number of nitrogens with one attached hydrogen (secondary N) is 1. The van der Waals surface area contributed by atoms with E-state index in [1.54, 1.807) is 0 Å². The summed E-state index contributed by atoms with van der Waals surface area (Å²) >= 11 is 0. The quantitative estimate of drug-likeness (QED) is 0.519. The van der Waals surface area contributed by atoms with E-state index in [0.29, 0.717) is 13.1 Å². The number of aliphatic hydroxyl groups is 1. The molecule has 3 aromatic rings. The number of aryl methyl sites for hydroxylation is 1. The minimum Gasteiger partial charge on any atom is -0.491 e. The summed E-state index contributed by atoms with van der Waals surface area (Å²) in [6.45, 7) is 5.04. The first-order chi connectivity index (χ1) is 14.1. The molecule has 5 heteroatoms. The van der Waals surface area contributed by atoms with Gasteiger partial charge in [0.1, 0.15) is 30.0 Å². The van der Waals surface area contributed by atoms with E-state index in [1.807, 2.05) is 68.6 Å². The second kappa shape index (κ2) is 10.8. The fourth-order valence-corrected chi connectivity index (χ4v) is 3.18. The van der Waals surface area contributed by atoms with Crippen LogP contribution >= 0.6 is 0 Å². The number of benzene rings is 2. The molecule has 0 aliphatic carbocycles. The van der Waals surface area contributed by atoms with Gasteiger partial charge in [-0.3, -0.25) is 4.90 Å². The van der Waals surface area contributed by atoms with Crippen LogP contribution in [0, 0.1) is 6.92 Å². The Balaban J connectivity index is 1.35. The Morgan fingerprint density at radius 3 is 2.41 bits per heavy atom. The summed E-state index contributed by atoms with van der Waals surface area (Å²) in [5.74, 6) is 2.63. The smallest absolute Gasteiger partial charge is 0.119 e. The highest BCUT2D eigenvalue weighted by molar-refractivity contribution is 5.27. The zero-order valence-corrected chi connectivity index (χ0v) is 17.2. The van der Waals surface area contributed by atoms with Gasteiger partial charge in [0.15, 0.2) is 0 Å². The molecule has 0 saturated heterocycles. The van der Waals surface area contributed by atoms with Crippen LogP contribution in [0.5, 0.6) is 5.75 Å². The number of ether oxygens (including phenoxy) is 1. The molecule has 0 saturated carbocycles. The van der Waals surface area contributed by atoms with Gasteiger partial charge < -0.3 is 19.6 Å². The van der Waals surface area contributed by atoms with E-state index in [-0.39, 0.29) is 6.61 Å². The van der Waals surface area contributed by atoms with Crippen LogP contribution in [-0.2, 0) is 19.6 Å². The third kappa shape index (κ3) is 7.38. The molecule has 1 unspecified atom stereocenters. The van der Waals surface area contributed by atoms with Gasteiger partial charge in [-0.1, -0.05) is 42.5 Å². The lowest BCUT2D eigenvalue weighted by Crippen LogP contribution is -2.32. The molecule has 3 rings (SSSR count). The van der Waals surface area contributed by atoms with E-state index in [0.717, 1.165) is 30.4 Å². The highest BCUT2D eigenvalue weighted by Crippen LogP contribution is 2.13. The first-order valence-corrected chi connectivity index (χ1v) is 9.97. The zero-order chi connectivity index (χ0) is 20.5. The van der Waals surface area contributed by atoms with Crippen LogP contribution < -0.4 is 10.1 Å². The van der Waals surface area contributed by atoms with Gasteiger partial charge in [-0.15, -0.1) is 0 Å². The molecule has 154 valence electrons. The van der Waals surface area contributed by atoms with E-state index < -0.39 is 6.10 Å². The lowest BCUT2D eigenvalue weighted by Gasteiger charge is -2.21. The lowest BCUT2D eigenvalue weighted by atomic mass is 10.2. The van der Waals surface area contributed by atoms with E-state index >= 15 is 0 Å². The van der Waals surface area contributed by atoms with Gasteiger partial charge in [-0.25, -0.2) is 0 Å². The van der Waals surface area contributed by atoms with Crippen molar-refractivity contribution in [1.29, 1.82) is 0 Å². The van der Waals surface area contributed by atoms with Crippen molar-refractivity contribution in [2.24, 2.45) is 0 Å². The zero-order valence-electron chi connectivity index (χ0n) is 17.2. The topological polar surface area (TPSA) is 57.9 Å². The van der Waals surface area contributed by atoms with E-state index in [4.69, 9.17) is 9.15 Å². The molecule has 2 aromatic carbocycles. The van der Waals surface area contributed by atoms with Crippen molar-refractivity contribution < 1.29 is 14.3 Å². The van der Waals surface area contributed by atoms with Crippen LogP contribution in [-0.4, -0.2) is 36.3 Å². The Bertz CT molecular complexity index is 846. The maximum absolute atomic E-state index is 10.3. The molecule has 5 nitrogen and oxygen atoms in total. The summed E-state index contributed by atoms with van der Waals surface area (Å²) in [4.78, 5) is 2.10. The summed E-state index contributed by atoms with van der Waals surface area (Å²) in [7, 11) is 2.00. The van der Waals surface area contributed by atoms with Crippen LogP contribution in [0.4, 0.5) is 0 Å². The van der Waals surface area contributed by atoms with Crippen LogP contribution in [0.15, 0.2) is 71.1 Å².